The van der Waals surface area contributed by atoms with Crippen LogP contribution in [-0.4, -0.2) is 46.4 Å². The number of nitrogens with zero attached hydrogens (tertiary/aromatic N) is 3. The van der Waals surface area contributed by atoms with E-state index < -0.39 is 5.91 Å². The number of carbonyl (C=O) groups is 2. The van der Waals surface area contributed by atoms with Crippen LogP contribution in [0.1, 0.15) is 34.8 Å². The molecule has 0 unspecified atom stereocenters. The van der Waals surface area contributed by atoms with Crippen molar-refractivity contribution < 1.29 is 14.3 Å². The molecule has 0 spiro atoms. The van der Waals surface area contributed by atoms with Crippen LogP contribution < -0.4 is 10.5 Å². The van der Waals surface area contributed by atoms with Gasteiger partial charge < -0.3 is 15.4 Å². The molecule has 1 fully saturated rings. The number of para-hydroxylation sites is 1. The van der Waals surface area contributed by atoms with Crippen molar-refractivity contribution in [1.29, 1.82) is 0 Å². The molecular weight excluding hydrogens is 368 g/mol. The average Bonchev–Trinajstić information content (AvgIpc) is 2.77. The molecule has 2 amide bonds. The molecule has 29 heavy (non-hydrogen) atoms. The lowest BCUT2D eigenvalue weighted by atomic mass is 9.89. The Morgan fingerprint density at radius 3 is 2.66 bits per heavy atom. The van der Waals surface area contributed by atoms with Gasteiger partial charge in [0.1, 0.15) is 5.75 Å². The Morgan fingerprint density at radius 2 is 1.93 bits per heavy atom. The highest BCUT2D eigenvalue weighted by Gasteiger charge is 2.27. The number of benzene rings is 1. The minimum absolute atomic E-state index is 0.0167. The lowest BCUT2D eigenvalue weighted by Gasteiger charge is -2.32. The number of hydrogen-bond donors (Lipinski definition) is 1. The summed E-state index contributed by atoms with van der Waals surface area (Å²) in [4.78, 5) is 34.9. The number of aromatic nitrogens is 2. The number of fused-ring (bicyclic) bond motifs is 1. The van der Waals surface area contributed by atoms with Crippen LogP contribution in [0.4, 0.5) is 0 Å². The molecule has 0 saturated carbocycles. The number of piperidine rings is 1. The Hall–Kier alpha value is -3.48. The number of ether oxygens (including phenoxy) is 1. The van der Waals surface area contributed by atoms with E-state index in [2.05, 4.69) is 4.98 Å². The lowest BCUT2D eigenvalue weighted by molar-refractivity contribution is -0.134. The third-order valence-electron chi connectivity index (χ3n) is 5.25. The molecule has 3 heterocycles. The van der Waals surface area contributed by atoms with E-state index in [4.69, 9.17) is 15.5 Å². The summed E-state index contributed by atoms with van der Waals surface area (Å²) in [5.74, 6) is 0.128. The number of pyridine rings is 2. The second-order valence-electron chi connectivity index (χ2n) is 7.11. The van der Waals surface area contributed by atoms with Crippen molar-refractivity contribution in [2.45, 2.75) is 18.8 Å². The third-order valence-corrected chi connectivity index (χ3v) is 5.25. The van der Waals surface area contributed by atoms with E-state index in [1.165, 1.54) is 0 Å². The molecule has 7 heteroatoms. The van der Waals surface area contributed by atoms with Gasteiger partial charge in [0.05, 0.1) is 23.0 Å². The molecular formula is C22H22N4O3. The molecule has 0 atom stereocenters. The fraction of sp³-hybridized carbons (Fsp3) is 0.273. The van der Waals surface area contributed by atoms with Crippen LogP contribution in [0.15, 0.2) is 54.9 Å². The summed E-state index contributed by atoms with van der Waals surface area (Å²) < 4.78 is 5.50. The molecule has 0 aliphatic carbocycles. The lowest BCUT2D eigenvalue weighted by Crippen LogP contribution is -2.40. The van der Waals surface area contributed by atoms with Gasteiger partial charge >= 0.3 is 0 Å². The Labute approximate surface area is 168 Å². The SMILES string of the molecule is NC(=O)c1cc2ccccc2nc1C1CCN(C(=O)COc2cccnc2)CC1. The Morgan fingerprint density at radius 1 is 1.14 bits per heavy atom. The van der Waals surface area contributed by atoms with E-state index in [0.717, 1.165) is 29.4 Å². The first-order valence-electron chi connectivity index (χ1n) is 9.62. The maximum atomic E-state index is 12.5. The van der Waals surface area contributed by atoms with Gasteiger partial charge in [-0.1, -0.05) is 18.2 Å². The number of primary amides is 1. The van der Waals surface area contributed by atoms with Gasteiger partial charge in [0.25, 0.3) is 11.8 Å². The van der Waals surface area contributed by atoms with Gasteiger partial charge in [0.15, 0.2) is 6.61 Å². The minimum Gasteiger partial charge on any atom is -0.482 e. The monoisotopic (exact) mass is 390 g/mol. The summed E-state index contributed by atoms with van der Waals surface area (Å²) in [5, 5.41) is 0.894. The van der Waals surface area contributed by atoms with E-state index in [-0.39, 0.29) is 18.4 Å². The maximum absolute atomic E-state index is 12.5. The molecule has 4 rings (SSSR count). The van der Waals surface area contributed by atoms with Crippen molar-refractivity contribution in [2.75, 3.05) is 19.7 Å². The smallest absolute Gasteiger partial charge is 0.260 e. The summed E-state index contributed by atoms with van der Waals surface area (Å²) in [6.07, 6.45) is 4.69. The van der Waals surface area contributed by atoms with Crippen molar-refractivity contribution in [2.24, 2.45) is 5.73 Å². The van der Waals surface area contributed by atoms with Gasteiger partial charge in [-0.05, 0) is 37.1 Å². The quantitative estimate of drug-likeness (QED) is 0.722. The zero-order valence-electron chi connectivity index (χ0n) is 16.0. The Balaban J connectivity index is 1.43. The first-order valence-corrected chi connectivity index (χ1v) is 9.62. The Bertz CT molecular complexity index is 1030. The predicted molar refractivity (Wildman–Crippen MR) is 109 cm³/mol. The van der Waals surface area contributed by atoms with Gasteiger partial charge in [0.2, 0.25) is 0 Å². The van der Waals surface area contributed by atoms with Crippen LogP contribution in [0.25, 0.3) is 10.9 Å². The van der Waals surface area contributed by atoms with Gasteiger partial charge in [0, 0.05) is 30.6 Å². The van der Waals surface area contributed by atoms with Gasteiger partial charge in [-0.25, -0.2) is 0 Å². The van der Waals surface area contributed by atoms with E-state index in [9.17, 15) is 9.59 Å². The molecule has 1 saturated heterocycles. The average molecular weight is 390 g/mol. The molecule has 2 N–H and O–H groups in total. The van der Waals surface area contributed by atoms with E-state index in [0.29, 0.717) is 24.4 Å². The predicted octanol–water partition coefficient (Wildman–Crippen LogP) is 2.51. The molecule has 1 aliphatic heterocycles. The summed E-state index contributed by atoms with van der Waals surface area (Å²) >= 11 is 0. The second-order valence-corrected chi connectivity index (χ2v) is 7.11. The van der Waals surface area contributed by atoms with Crippen LogP contribution in [0.2, 0.25) is 0 Å². The summed E-state index contributed by atoms with van der Waals surface area (Å²) in [7, 11) is 0. The van der Waals surface area contributed by atoms with Crippen LogP contribution in [0.3, 0.4) is 0 Å². The van der Waals surface area contributed by atoms with Crippen molar-refractivity contribution in [3.8, 4) is 5.75 Å². The van der Waals surface area contributed by atoms with Crippen LogP contribution in [0, 0.1) is 0 Å². The third kappa shape index (κ3) is 4.18. The molecule has 0 bridgehead atoms. The first kappa shape index (κ1) is 18.9. The minimum atomic E-state index is -0.471. The molecule has 3 aromatic rings. The van der Waals surface area contributed by atoms with E-state index >= 15 is 0 Å². The Kier molecular flexibility index (Phi) is 5.37. The van der Waals surface area contributed by atoms with Crippen LogP contribution in [0.5, 0.6) is 5.75 Å². The van der Waals surface area contributed by atoms with Gasteiger partial charge in [-0.15, -0.1) is 0 Å². The number of nitrogens with two attached hydrogens (primary N) is 1. The molecule has 0 radical (unpaired) electrons. The molecule has 148 valence electrons. The summed E-state index contributed by atoms with van der Waals surface area (Å²) in [5.41, 5.74) is 7.66. The highest BCUT2D eigenvalue weighted by molar-refractivity contribution is 5.97. The first-order chi connectivity index (χ1) is 14.1. The fourth-order valence-electron chi connectivity index (χ4n) is 3.71. The van der Waals surface area contributed by atoms with Crippen molar-refractivity contribution >= 4 is 22.7 Å². The maximum Gasteiger partial charge on any atom is 0.260 e. The van der Waals surface area contributed by atoms with E-state index in [1.54, 1.807) is 29.4 Å². The van der Waals surface area contributed by atoms with Gasteiger partial charge in [-0.3, -0.25) is 19.6 Å². The number of amides is 2. The number of carbonyl (C=O) groups excluding carboxylic acids is 2. The number of hydrogen-bond acceptors (Lipinski definition) is 5. The highest BCUT2D eigenvalue weighted by atomic mass is 16.5. The van der Waals surface area contributed by atoms with Gasteiger partial charge in [-0.2, -0.15) is 0 Å². The number of rotatable bonds is 5. The standard InChI is InChI=1S/C22H22N4O3/c23-22(28)18-12-16-4-1-2-6-19(16)25-21(18)15-7-10-26(11-8-15)20(27)14-29-17-5-3-9-24-13-17/h1-6,9,12-13,15H,7-8,10-11,14H2,(H2,23,28). The van der Waals surface area contributed by atoms with Crippen molar-refractivity contribution in [3.05, 3.63) is 66.1 Å². The van der Waals surface area contributed by atoms with Crippen molar-refractivity contribution in [3.63, 3.8) is 0 Å². The molecule has 7 nitrogen and oxygen atoms in total. The largest absolute Gasteiger partial charge is 0.482 e. The van der Waals surface area contributed by atoms with Crippen LogP contribution >= 0.6 is 0 Å². The number of likely N-dealkylation sites (tertiary alicyclic amines) is 1. The van der Waals surface area contributed by atoms with Crippen molar-refractivity contribution in [1.82, 2.24) is 14.9 Å². The topological polar surface area (TPSA) is 98.4 Å². The zero-order valence-corrected chi connectivity index (χ0v) is 16.0. The molecule has 1 aliphatic rings. The molecule has 1 aromatic carbocycles. The molecule has 2 aromatic heterocycles. The highest BCUT2D eigenvalue weighted by Crippen LogP contribution is 2.31. The van der Waals surface area contributed by atoms with E-state index in [1.807, 2.05) is 30.3 Å². The normalized spacial score (nSPS) is 14.7. The summed E-state index contributed by atoms with van der Waals surface area (Å²) in [6.45, 7) is 1.16. The second kappa shape index (κ2) is 8.26. The fourth-order valence-corrected chi connectivity index (χ4v) is 3.71. The summed E-state index contributed by atoms with van der Waals surface area (Å²) in [6, 6.07) is 13.0. The zero-order chi connectivity index (χ0) is 20.2. The van der Waals surface area contributed by atoms with Crippen LogP contribution in [-0.2, 0) is 4.79 Å².